The molecule has 2 N–H and O–H groups in total. The summed E-state index contributed by atoms with van der Waals surface area (Å²) in [7, 11) is 0. The second-order valence-corrected chi connectivity index (χ2v) is 8.11. The van der Waals surface area contributed by atoms with Gasteiger partial charge in [-0.05, 0) is 75.5 Å². The van der Waals surface area contributed by atoms with Crippen LogP contribution in [0.4, 0.5) is 0 Å². The lowest BCUT2D eigenvalue weighted by atomic mass is 9.61. The van der Waals surface area contributed by atoms with Gasteiger partial charge >= 0.3 is 0 Å². The second kappa shape index (κ2) is 4.08. The molecule has 2 nitrogen and oxygen atoms in total. The lowest BCUT2D eigenvalue weighted by Crippen LogP contribution is -2.41. The molecule has 2 fully saturated rings. The number of fused-ring (bicyclic) bond motifs is 1. The van der Waals surface area contributed by atoms with Crippen molar-refractivity contribution in [1.29, 1.82) is 0 Å². The van der Waals surface area contributed by atoms with Gasteiger partial charge in [0.05, 0.1) is 11.7 Å². The standard InChI is InChI=1S/C17H28O2/c1-15(2,19)11-17(9-10-17)14-7-6-12-13(18)5-4-8-16(12,14)3/h7,12-13,18-19H,4-6,8-11H2,1-3H3/t12?,13-,16-/m0/s1. The van der Waals surface area contributed by atoms with Gasteiger partial charge in [-0.1, -0.05) is 18.6 Å². The molecule has 0 aromatic heterocycles. The monoisotopic (exact) mass is 264 g/mol. The Balaban J connectivity index is 1.86. The van der Waals surface area contributed by atoms with Crippen molar-refractivity contribution in [3.63, 3.8) is 0 Å². The number of hydrogen-bond donors (Lipinski definition) is 2. The first-order valence-corrected chi connectivity index (χ1v) is 7.89. The molecule has 3 atom stereocenters. The van der Waals surface area contributed by atoms with Crippen molar-refractivity contribution in [3.05, 3.63) is 11.6 Å². The highest BCUT2D eigenvalue weighted by molar-refractivity contribution is 5.35. The van der Waals surface area contributed by atoms with E-state index >= 15 is 0 Å². The van der Waals surface area contributed by atoms with Crippen LogP contribution in [0.3, 0.4) is 0 Å². The van der Waals surface area contributed by atoms with Gasteiger partial charge in [0, 0.05) is 0 Å². The molecular weight excluding hydrogens is 236 g/mol. The van der Waals surface area contributed by atoms with Gasteiger partial charge < -0.3 is 10.2 Å². The molecule has 3 aliphatic rings. The molecule has 0 spiro atoms. The van der Waals surface area contributed by atoms with Gasteiger partial charge in [0.2, 0.25) is 0 Å². The van der Waals surface area contributed by atoms with Crippen LogP contribution in [0, 0.1) is 16.7 Å². The molecule has 1 unspecified atom stereocenters. The Morgan fingerprint density at radius 3 is 2.58 bits per heavy atom. The molecular formula is C17H28O2. The van der Waals surface area contributed by atoms with Crippen LogP contribution in [0.2, 0.25) is 0 Å². The third-order valence-corrected chi connectivity index (χ3v) is 5.87. The van der Waals surface area contributed by atoms with Crippen LogP contribution >= 0.6 is 0 Å². The lowest BCUT2D eigenvalue weighted by molar-refractivity contribution is 0.000906. The number of allylic oxidation sites excluding steroid dienone is 2. The molecule has 0 heterocycles. The molecule has 0 bridgehead atoms. The maximum Gasteiger partial charge on any atom is 0.0600 e. The van der Waals surface area contributed by atoms with E-state index in [4.69, 9.17) is 0 Å². The molecule has 108 valence electrons. The van der Waals surface area contributed by atoms with Crippen molar-refractivity contribution in [2.24, 2.45) is 16.7 Å². The number of aliphatic hydroxyl groups excluding tert-OH is 1. The van der Waals surface area contributed by atoms with E-state index in [-0.39, 0.29) is 16.9 Å². The summed E-state index contributed by atoms with van der Waals surface area (Å²) in [5.74, 6) is 0.426. The number of aliphatic hydroxyl groups is 2. The Hall–Kier alpha value is -0.340. The molecule has 3 aliphatic carbocycles. The summed E-state index contributed by atoms with van der Waals surface area (Å²) in [5, 5.41) is 20.5. The quantitative estimate of drug-likeness (QED) is 0.767. The first kappa shape index (κ1) is 13.6. The van der Waals surface area contributed by atoms with Crippen molar-refractivity contribution in [2.75, 3.05) is 0 Å². The van der Waals surface area contributed by atoms with Crippen molar-refractivity contribution >= 4 is 0 Å². The summed E-state index contributed by atoms with van der Waals surface area (Å²) in [6.07, 6.45) is 9.99. The van der Waals surface area contributed by atoms with E-state index < -0.39 is 5.60 Å². The van der Waals surface area contributed by atoms with Crippen LogP contribution < -0.4 is 0 Å². The minimum atomic E-state index is -0.584. The second-order valence-electron chi connectivity index (χ2n) is 8.11. The van der Waals surface area contributed by atoms with E-state index in [2.05, 4.69) is 13.0 Å². The summed E-state index contributed by atoms with van der Waals surface area (Å²) in [4.78, 5) is 0. The van der Waals surface area contributed by atoms with Gasteiger partial charge in [-0.15, -0.1) is 0 Å². The van der Waals surface area contributed by atoms with Crippen molar-refractivity contribution in [1.82, 2.24) is 0 Å². The van der Waals surface area contributed by atoms with Crippen molar-refractivity contribution in [3.8, 4) is 0 Å². The van der Waals surface area contributed by atoms with Gasteiger partial charge in [-0.2, -0.15) is 0 Å². The lowest BCUT2D eigenvalue weighted by Gasteiger charge is -2.45. The zero-order valence-corrected chi connectivity index (χ0v) is 12.6. The SMILES string of the molecule is CC(C)(O)CC1(C2=CCC3[C@@H](O)CCC[C@]23C)CC1. The van der Waals surface area contributed by atoms with Gasteiger partial charge in [0.1, 0.15) is 0 Å². The van der Waals surface area contributed by atoms with Gasteiger partial charge in [0.15, 0.2) is 0 Å². The van der Waals surface area contributed by atoms with Crippen molar-refractivity contribution < 1.29 is 10.2 Å². The van der Waals surface area contributed by atoms with E-state index in [1.165, 1.54) is 19.3 Å². The first-order chi connectivity index (χ1) is 8.77. The Morgan fingerprint density at radius 1 is 1.32 bits per heavy atom. The third kappa shape index (κ3) is 2.17. The predicted molar refractivity (Wildman–Crippen MR) is 76.7 cm³/mol. The van der Waals surface area contributed by atoms with Crippen LogP contribution in [0.25, 0.3) is 0 Å². The normalized spacial score (nSPS) is 40.8. The van der Waals surface area contributed by atoms with E-state index in [0.717, 1.165) is 25.7 Å². The zero-order valence-electron chi connectivity index (χ0n) is 12.6. The maximum atomic E-state index is 10.3. The summed E-state index contributed by atoms with van der Waals surface area (Å²) < 4.78 is 0. The Labute approximate surface area is 116 Å². The molecule has 0 aromatic carbocycles. The molecule has 2 saturated carbocycles. The molecule has 19 heavy (non-hydrogen) atoms. The molecule has 3 rings (SSSR count). The van der Waals surface area contributed by atoms with Crippen LogP contribution in [0.1, 0.15) is 65.7 Å². The van der Waals surface area contributed by atoms with Crippen molar-refractivity contribution in [2.45, 2.75) is 77.4 Å². The van der Waals surface area contributed by atoms with Crippen LogP contribution in [-0.4, -0.2) is 21.9 Å². The van der Waals surface area contributed by atoms with Gasteiger partial charge in [0.25, 0.3) is 0 Å². The molecule has 2 heteroatoms. The van der Waals surface area contributed by atoms with E-state index in [0.29, 0.717) is 5.92 Å². The van der Waals surface area contributed by atoms with Gasteiger partial charge in [-0.3, -0.25) is 0 Å². The van der Waals surface area contributed by atoms with E-state index in [9.17, 15) is 10.2 Å². The number of hydrogen-bond acceptors (Lipinski definition) is 2. The molecule has 0 amide bonds. The molecule has 0 radical (unpaired) electrons. The summed E-state index contributed by atoms with van der Waals surface area (Å²) in [5.41, 5.74) is 1.43. The van der Waals surface area contributed by atoms with Crippen LogP contribution in [0.5, 0.6) is 0 Å². The molecule has 0 aliphatic heterocycles. The van der Waals surface area contributed by atoms with Crippen LogP contribution in [-0.2, 0) is 0 Å². The average Bonchev–Trinajstić information content (AvgIpc) is 2.90. The fraction of sp³-hybridized carbons (Fsp3) is 0.882. The zero-order chi connectivity index (χ0) is 13.9. The first-order valence-electron chi connectivity index (χ1n) is 7.89. The highest BCUT2D eigenvalue weighted by Crippen LogP contribution is 2.67. The van der Waals surface area contributed by atoms with E-state index in [1.54, 1.807) is 5.57 Å². The predicted octanol–water partition coefficient (Wildman–Crippen LogP) is 3.43. The topological polar surface area (TPSA) is 40.5 Å². The Morgan fingerprint density at radius 2 is 2.00 bits per heavy atom. The fourth-order valence-electron chi connectivity index (χ4n) is 5.06. The molecule has 0 saturated heterocycles. The van der Waals surface area contributed by atoms with Gasteiger partial charge in [-0.25, -0.2) is 0 Å². The maximum absolute atomic E-state index is 10.3. The highest BCUT2D eigenvalue weighted by atomic mass is 16.3. The summed E-state index contributed by atoms with van der Waals surface area (Å²) in [6, 6.07) is 0. The smallest absolute Gasteiger partial charge is 0.0600 e. The highest BCUT2D eigenvalue weighted by Gasteiger charge is 2.58. The number of rotatable bonds is 3. The Bertz CT molecular complexity index is 400. The summed E-state index contributed by atoms with van der Waals surface area (Å²) >= 11 is 0. The summed E-state index contributed by atoms with van der Waals surface area (Å²) in [6.45, 7) is 6.22. The van der Waals surface area contributed by atoms with E-state index in [1.807, 2.05) is 13.8 Å². The largest absolute Gasteiger partial charge is 0.393 e. The third-order valence-electron chi connectivity index (χ3n) is 5.87. The molecule has 0 aromatic rings. The average molecular weight is 264 g/mol. The minimum absolute atomic E-state index is 0.120. The minimum Gasteiger partial charge on any atom is -0.393 e. The fourth-order valence-corrected chi connectivity index (χ4v) is 5.06. The Kier molecular flexibility index (Phi) is 2.93. The van der Waals surface area contributed by atoms with Crippen LogP contribution in [0.15, 0.2) is 11.6 Å².